The Labute approximate surface area is 194 Å². The Morgan fingerprint density at radius 1 is 1.24 bits per heavy atom. The monoisotopic (exact) mass is 442 g/mol. The van der Waals surface area contributed by atoms with E-state index in [4.69, 9.17) is 22.3 Å². The highest BCUT2D eigenvalue weighted by Gasteiger charge is 2.33. The molecule has 8 nitrogen and oxygen atoms in total. The topological polar surface area (TPSA) is 91.3 Å². The average Bonchev–Trinajstić information content (AvgIpc) is 3.61. The number of nitrogens with one attached hydrogen (secondary N) is 1. The lowest BCUT2D eigenvalue weighted by Crippen LogP contribution is -2.42. The molecule has 0 spiro atoms. The molecule has 0 bridgehead atoms. The van der Waals surface area contributed by atoms with Crippen LogP contribution in [0.25, 0.3) is 16.0 Å². The first-order chi connectivity index (χ1) is 16.1. The standard InChI is InChI=1S/C25H30N8/c1-25(15-26)9-12-32(13-10-25)20-14-28-22-23(29-20)30-31-24(22)33-11-3-4-17-19(33)8-7-18(27-2)21(17)16-5-6-16/h7-8,14,16H,3-6,9-13,15,26H2,1H3,(H,29,30,31). The smallest absolute Gasteiger partial charge is 0.191 e. The van der Waals surface area contributed by atoms with Gasteiger partial charge in [0.05, 0.1) is 12.8 Å². The van der Waals surface area contributed by atoms with Gasteiger partial charge in [-0.25, -0.2) is 14.8 Å². The van der Waals surface area contributed by atoms with Gasteiger partial charge in [-0.15, -0.1) is 0 Å². The van der Waals surface area contributed by atoms with Gasteiger partial charge in [0, 0.05) is 25.3 Å². The minimum atomic E-state index is 0.225. The van der Waals surface area contributed by atoms with E-state index in [1.165, 1.54) is 29.7 Å². The fourth-order valence-corrected chi connectivity index (χ4v) is 5.44. The Morgan fingerprint density at radius 2 is 2.06 bits per heavy atom. The van der Waals surface area contributed by atoms with Crippen LogP contribution in [-0.2, 0) is 6.42 Å². The Morgan fingerprint density at radius 3 is 2.79 bits per heavy atom. The number of benzene rings is 1. The number of hydrogen-bond acceptors (Lipinski definition) is 6. The molecule has 0 radical (unpaired) electrons. The first kappa shape index (κ1) is 20.4. The maximum atomic E-state index is 7.62. The summed E-state index contributed by atoms with van der Waals surface area (Å²) in [5.41, 5.74) is 12.3. The molecule has 2 fully saturated rings. The van der Waals surface area contributed by atoms with Gasteiger partial charge in [-0.1, -0.05) is 13.0 Å². The van der Waals surface area contributed by atoms with Crippen LogP contribution in [0.5, 0.6) is 0 Å². The van der Waals surface area contributed by atoms with Crippen LogP contribution in [0.1, 0.15) is 56.1 Å². The normalized spacial score (nSPS) is 20.0. The van der Waals surface area contributed by atoms with Crippen LogP contribution >= 0.6 is 0 Å². The van der Waals surface area contributed by atoms with E-state index in [1.807, 2.05) is 12.3 Å². The molecule has 3 N–H and O–H groups in total. The van der Waals surface area contributed by atoms with Gasteiger partial charge in [-0.3, -0.25) is 5.10 Å². The van der Waals surface area contributed by atoms with E-state index in [0.29, 0.717) is 5.92 Å². The first-order valence-electron chi connectivity index (χ1n) is 12.1. The van der Waals surface area contributed by atoms with E-state index < -0.39 is 0 Å². The molecule has 1 saturated heterocycles. The van der Waals surface area contributed by atoms with Crippen molar-refractivity contribution in [2.45, 2.75) is 51.4 Å². The Hall–Kier alpha value is -3.18. The molecule has 2 aliphatic heterocycles. The fraction of sp³-hybridized carbons (Fsp3) is 0.520. The van der Waals surface area contributed by atoms with Crippen LogP contribution in [0, 0.1) is 12.0 Å². The number of hydrogen-bond donors (Lipinski definition) is 2. The van der Waals surface area contributed by atoms with Crippen molar-refractivity contribution < 1.29 is 0 Å². The number of anilines is 3. The number of piperidine rings is 1. The number of aromatic amines is 1. The molecule has 6 rings (SSSR count). The zero-order valence-electron chi connectivity index (χ0n) is 19.1. The van der Waals surface area contributed by atoms with Crippen molar-refractivity contribution in [1.82, 2.24) is 20.2 Å². The number of rotatable bonds is 4. The highest BCUT2D eigenvalue weighted by Crippen LogP contribution is 2.50. The summed E-state index contributed by atoms with van der Waals surface area (Å²) in [7, 11) is 0. The van der Waals surface area contributed by atoms with Gasteiger partial charge in [0.1, 0.15) is 5.82 Å². The van der Waals surface area contributed by atoms with Crippen LogP contribution in [0.15, 0.2) is 18.3 Å². The quantitative estimate of drug-likeness (QED) is 0.581. The molecule has 1 saturated carbocycles. The third-order valence-corrected chi connectivity index (χ3v) is 7.80. The number of aromatic nitrogens is 4. The molecule has 4 heterocycles. The van der Waals surface area contributed by atoms with Crippen LogP contribution in [0.2, 0.25) is 0 Å². The van der Waals surface area contributed by atoms with Crippen LogP contribution in [0.3, 0.4) is 0 Å². The lowest BCUT2D eigenvalue weighted by Gasteiger charge is -2.39. The summed E-state index contributed by atoms with van der Waals surface area (Å²) in [5, 5.41) is 7.79. The van der Waals surface area contributed by atoms with Crippen molar-refractivity contribution in [3.63, 3.8) is 0 Å². The van der Waals surface area contributed by atoms with Gasteiger partial charge < -0.3 is 15.5 Å². The molecule has 3 aliphatic rings. The predicted molar refractivity (Wildman–Crippen MR) is 130 cm³/mol. The third kappa shape index (κ3) is 3.42. The van der Waals surface area contributed by atoms with Gasteiger partial charge >= 0.3 is 0 Å². The summed E-state index contributed by atoms with van der Waals surface area (Å²) >= 11 is 0. The molecule has 3 aromatic rings. The molecule has 0 unspecified atom stereocenters. The molecule has 0 atom stereocenters. The molecular formula is C25H30N8. The van der Waals surface area contributed by atoms with Gasteiger partial charge in [-0.2, -0.15) is 5.10 Å². The summed E-state index contributed by atoms with van der Waals surface area (Å²) in [5.74, 6) is 2.28. The molecule has 170 valence electrons. The van der Waals surface area contributed by atoms with Crippen molar-refractivity contribution in [2.75, 3.05) is 36.0 Å². The molecule has 1 aliphatic carbocycles. The highest BCUT2D eigenvalue weighted by molar-refractivity contribution is 5.88. The highest BCUT2D eigenvalue weighted by atomic mass is 15.3. The number of nitrogens with zero attached hydrogens (tertiary/aromatic N) is 6. The second kappa shape index (κ2) is 7.70. The first-order valence-corrected chi connectivity index (χ1v) is 12.1. The summed E-state index contributed by atoms with van der Waals surface area (Å²) in [6.45, 7) is 13.4. The van der Waals surface area contributed by atoms with Crippen LogP contribution in [0.4, 0.5) is 23.0 Å². The Bertz CT molecular complexity index is 1240. The SMILES string of the molecule is [C-]#[N+]c1ccc2c(c1C1CC1)CCCN2c1n[nH]c2nc(N3CCC(C)(CN)CC3)cnc12. The summed E-state index contributed by atoms with van der Waals surface area (Å²) in [6, 6.07) is 4.08. The minimum absolute atomic E-state index is 0.225. The van der Waals surface area contributed by atoms with Crippen LogP contribution < -0.4 is 15.5 Å². The maximum absolute atomic E-state index is 7.62. The zero-order chi connectivity index (χ0) is 22.6. The maximum Gasteiger partial charge on any atom is 0.191 e. The van der Waals surface area contributed by atoms with E-state index >= 15 is 0 Å². The fourth-order valence-electron chi connectivity index (χ4n) is 5.44. The number of nitrogens with two attached hydrogens (primary N) is 1. The van der Waals surface area contributed by atoms with Crippen molar-refractivity contribution in [3.05, 3.63) is 40.9 Å². The Kier molecular flexibility index (Phi) is 4.77. The predicted octanol–water partition coefficient (Wildman–Crippen LogP) is 4.43. The summed E-state index contributed by atoms with van der Waals surface area (Å²) in [6.07, 6.45) is 8.47. The molecule has 0 amide bonds. The minimum Gasteiger partial charge on any atom is -0.355 e. The zero-order valence-corrected chi connectivity index (χ0v) is 19.1. The molecular weight excluding hydrogens is 412 g/mol. The van der Waals surface area contributed by atoms with Crippen molar-refractivity contribution >= 4 is 34.2 Å². The summed E-state index contributed by atoms with van der Waals surface area (Å²) in [4.78, 5) is 18.1. The molecule has 33 heavy (non-hydrogen) atoms. The molecule has 1 aromatic carbocycles. The van der Waals surface area contributed by atoms with Crippen molar-refractivity contribution in [2.24, 2.45) is 11.1 Å². The lowest BCUT2D eigenvalue weighted by atomic mass is 9.80. The van der Waals surface area contributed by atoms with Gasteiger partial charge in [-0.05, 0) is 73.6 Å². The van der Waals surface area contributed by atoms with Crippen molar-refractivity contribution in [1.29, 1.82) is 0 Å². The third-order valence-electron chi connectivity index (χ3n) is 7.80. The largest absolute Gasteiger partial charge is 0.355 e. The molecule has 2 aromatic heterocycles. The lowest BCUT2D eigenvalue weighted by molar-refractivity contribution is 0.258. The van der Waals surface area contributed by atoms with Gasteiger partial charge in [0.2, 0.25) is 0 Å². The number of H-pyrrole nitrogens is 1. The van der Waals surface area contributed by atoms with Crippen molar-refractivity contribution in [3.8, 4) is 0 Å². The van der Waals surface area contributed by atoms with E-state index in [0.717, 1.165) is 80.3 Å². The van der Waals surface area contributed by atoms with Gasteiger partial charge in [0.15, 0.2) is 22.7 Å². The second-order valence-corrected chi connectivity index (χ2v) is 10.1. The van der Waals surface area contributed by atoms with E-state index in [-0.39, 0.29) is 5.41 Å². The van der Waals surface area contributed by atoms with Crippen LogP contribution in [-0.4, -0.2) is 46.3 Å². The summed E-state index contributed by atoms with van der Waals surface area (Å²) < 4.78 is 0. The van der Waals surface area contributed by atoms with Gasteiger partial charge in [0.25, 0.3) is 0 Å². The van der Waals surface area contributed by atoms with E-state index in [9.17, 15) is 0 Å². The number of fused-ring (bicyclic) bond motifs is 2. The Balaban J connectivity index is 1.33. The van der Waals surface area contributed by atoms with E-state index in [2.05, 4.69) is 37.8 Å². The average molecular weight is 443 g/mol. The van der Waals surface area contributed by atoms with E-state index in [1.54, 1.807) is 0 Å². The molecule has 8 heteroatoms. The second-order valence-electron chi connectivity index (χ2n) is 10.1.